The molecule has 0 bridgehead atoms. The molecule has 0 amide bonds. The van der Waals surface area contributed by atoms with Gasteiger partial charge in [0, 0.05) is 30.6 Å². The highest BCUT2D eigenvalue weighted by Gasteiger charge is 2.02. The lowest BCUT2D eigenvalue weighted by molar-refractivity contribution is 0.372. The zero-order valence-electron chi connectivity index (χ0n) is 12.3. The maximum atomic E-state index is 5.08. The molecule has 0 aliphatic carbocycles. The number of benzene rings is 1. The zero-order chi connectivity index (χ0) is 14.7. The van der Waals surface area contributed by atoms with Gasteiger partial charge in [-0.2, -0.15) is 4.98 Å². The lowest BCUT2D eigenvalue weighted by Crippen LogP contribution is -2.16. The van der Waals surface area contributed by atoms with Crippen LogP contribution in [-0.4, -0.2) is 21.7 Å². The topological polar surface area (TPSA) is 63.8 Å². The van der Waals surface area contributed by atoms with E-state index < -0.39 is 0 Å². The van der Waals surface area contributed by atoms with Gasteiger partial charge in [0.1, 0.15) is 0 Å². The van der Waals surface area contributed by atoms with Gasteiger partial charge in [0.05, 0.1) is 5.52 Å². The summed E-state index contributed by atoms with van der Waals surface area (Å²) in [6, 6.07) is 10.5. The summed E-state index contributed by atoms with van der Waals surface area (Å²) in [5.41, 5.74) is 3.33. The molecular weight excluding hydrogens is 264 g/mol. The van der Waals surface area contributed by atoms with Gasteiger partial charge in [0.2, 0.25) is 5.89 Å². The van der Waals surface area contributed by atoms with E-state index in [1.54, 1.807) is 0 Å². The number of rotatable bonds is 5. The molecule has 0 aliphatic rings. The standard InChI is InChI=1S/C16H18N4O/c1-11-3-5-14-9-13(4-6-15(14)18-11)10-17-8-7-16-19-12(2)20-21-16/h3-6,9,17H,7-8,10H2,1-2H3. The maximum absolute atomic E-state index is 5.08. The predicted molar refractivity (Wildman–Crippen MR) is 80.9 cm³/mol. The smallest absolute Gasteiger partial charge is 0.227 e. The molecule has 0 aliphatic heterocycles. The van der Waals surface area contributed by atoms with E-state index in [1.165, 1.54) is 10.9 Å². The Morgan fingerprint density at radius 1 is 1.10 bits per heavy atom. The Labute approximate surface area is 123 Å². The third-order valence-corrected chi connectivity index (χ3v) is 3.31. The van der Waals surface area contributed by atoms with Gasteiger partial charge in [-0.25, -0.2) is 0 Å². The van der Waals surface area contributed by atoms with Crippen molar-refractivity contribution in [1.82, 2.24) is 20.4 Å². The Bertz CT molecular complexity index is 751. The monoisotopic (exact) mass is 282 g/mol. The lowest BCUT2D eigenvalue weighted by Gasteiger charge is -2.05. The molecule has 1 N–H and O–H groups in total. The molecule has 2 aromatic heterocycles. The predicted octanol–water partition coefficient (Wildman–Crippen LogP) is 2.57. The van der Waals surface area contributed by atoms with E-state index in [9.17, 15) is 0 Å². The largest absolute Gasteiger partial charge is 0.339 e. The van der Waals surface area contributed by atoms with Gasteiger partial charge in [-0.15, -0.1) is 0 Å². The first-order valence-electron chi connectivity index (χ1n) is 7.07. The quantitative estimate of drug-likeness (QED) is 0.729. The van der Waals surface area contributed by atoms with Gasteiger partial charge < -0.3 is 9.84 Å². The minimum atomic E-state index is 0.679. The van der Waals surface area contributed by atoms with Crippen LogP contribution < -0.4 is 5.32 Å². The molecule has 108 valence electrons. The van der Waals surface area contributed by atoms with Crippen LogP contribution in [0.25, 0.3) is 10.9 Å². The van der Waals surface area contributed by atoms with Crippen molar-refractivity contribution in [2.45, 2.75) is 26.8 Å². The third-order valence-electron chi connectivity index (χ3n) is 3.31. The van der Waals surface area contributed by atoms with Crippen molar-refractivity contribution < 1.29 is 4.52 Å². The van der Waals surface area contributed by atoms with Crippen LogP contribution in [0.15, 0.2) is 34.9 Å². The Kier molecular flexibility index (Phi) is 3.92. The summed E-state index contributed by atoms with van der Waals surface area (Å²) < 4.78 is 5.08. The number of pyridine rings is 1. The van der Waals surface area contributed by atoms with Gasteiger partial charge in [-0.1, -0.05) is 17.3 Å². The molecule has 0 unspecified atom stereocenters. The first-order chi connectivity index (χ1) is 10.2. The van der Waals surface area contributed by atoms with Crippen molar-refractivity contribution in [1.29, 1.82) is 0 Å². The van der Waals surface area contributed by atoms with Gasteiger partial charge in [0.15, 0.2) is 5.82 Å². The number of aryl methyl sites for hydroxylation is 2. The summed E-state index contributed by atoms with van der Waals surface area (Å²) in [7, 11) is 0. The van der Waals surface area contributed by atoms with Gasteiger partial charge in [-0.05, 0) is 37.6 Å². The van der Waals surface area contributed by atoms with Crippen LogP contribution in [0.2, 0.25) is 0 Å². The number of nitrogens with one attached hydrogen (secondary N) is 1. The van der Waals surface area contributed by atoms with Crippen LogP contribution in [0, 0.1) is 13.8 Å². The average Bonchev–Trinajstić information content (AvgIpc) is 2.89. The molecule has 5 nitrogen and oxygen atoms in total. The molecule has 0 spiro atoms. The van der Waals surface area contributed by atoms with Crippen molar-refractivity contribution in [3.05, 3.63) is 53.3 Å². The van der Waals surface area contributed by atoms with E-state index in [1.807, 2.05) is 19.9 Å². The van der Waals surface area contributed by atoms with Crippen molar-refractivity contribution in [3.63, 3.8) is 0 Å². The van der Waals surface area contributed by atoms with E-state index in [0.29, 0.717) is 11.7 Å². The Morgan fingerprint density at radius 3 is 2.81 bits per heavy atom. The zero-order valence-corrected chi connectivity index (χ0v) is 12.3. The normalized spacial score (nSPS) is 11.1. The molecule has 0 fully saturated rings. The fraction of sp³-hybridized carbons (Fsp3) is 0.312. The molecule has 5 heteroatoms. The highest BCUT2D eigenvalue weighted by molar-refractivity contribution is 5.79. The first kappa shape index (κ1) is 13.7. The molecular formula is C16H18N4O. The Hall–Kier alpha value is -2.27. The summed E-state index contributed by atoms with van der Waals surface area (Å²) in [6.45, 7) is 5.46. The summed E-state index contributed by atoms with van der Waals surface area (Å²) in [5.74, 6) is 1.36. The summed E-state index contributed by atoms with van der Waals surface area (Å²) >= 11 is 0. The second-order valence-corrected chi connectivity index (χ2v) is 5.14. The second-order valence-electron chi connectivity index (χ2n) is 5.14. The SMILES string of the molecule is Cc1ccc2cc(CNCCc3nc(C)no3)ccc2n1. The minimum absolute atomic E-state index is 0.679. The van der Waals surface area contributed by atoms with E-state index in [0.717, 1.165) is 30.7 Å². The molecule has 3 aromatic rings. The van der Waals surface area contributed by atoms with Crippen LogP contribution in [0.3, 0.4) is 0 Å². The Balaban J connectivity index is 1.56. The fourth-order valence-corrected chi connectivity index (χ4v) is 2.26. The molecule has 1 aromatic carbocycles. The fourth-order valence-electron chi connectivity index (χ4n) is 2.26. The minimum Gasteiger partial charge on any atom is -0.339 e. The van der Waals surface area contributed by atoms with E-state index in [2.05, 4.69) is 44.7 Å². The molecule has 0 saturated carbocycles. The van der Waals surface area contributed by atoms with Gasteiger partial charge >= 0.3 is 0 Å². The van der Waals surface area contributed by atoms with E-state index in [4.69, 9.17) is 4.52 Å². The summed E-state index contributed by atoms with van der Waals surface area (Å²) in [6.07, 6.45) is 0.745. The number of aromatic nitrogens is 3. The summed E-state index contributed by atoms with van der Waals surface area (Å²) in [5, 5.41) is 8.33. The highest BCUT2D eigenvalue weighted by atomic mass is 16.5. The molecule has 3 rings (SSSR count). The average molecular weight is 282 g/mol. The molecule has 0 atom stereocenters. The second kappa shape index (κ2) is 6.01. The van der Waals surface area contributed by atoms with Crippen molar-refractivity contribution >= 4 is 10.9 Å². The highest BCUT2D eigenvalue weighted by Crippen LogP contribution is 2.14. The van der Waals surface area contributed by atoms with Crippen LogP contribution >= 0.6 is 0 Å². The van der Waals surface area contributed by atoms with Crippen molar-refractivity contribution in [2.75, 3.05) is 6.54 Å². The third kappa shape index (κ3) is 3.44. The van der Waals surface area contributed by atoms with E-state index >= 15 is 0 Å². The maximum Gasteiger partial charge on any atom is 0.227 e. The number of hydrogen-bond acceptors (Lipinski definition) is 5. The lowest BCUT2D eigenvalue weighted by atomic mass is 10.1. The van der Waals surface area contributed by atoms with Crippen LogP contribution in [0.4, 0.5) is 0 Å². The molecule has 21 heavy (non-hydrogen) atoms. The molecule has 2 heterocycles. The Morgan fingerprint density at radius 2 is 2.00 bits per heavy atom. The molecule has 0 saturated heterocycles. The van der Waals surface area contributed by atoms with Gasteiger partial charge in [0.25, 0.3) is 0 Å². The van der Waals surface area contributed by atoms with E-state index in [-0.39, 0.29) is 0 Å². The van der Waals surface area contributed by atoms with Crippen LogP contribution in [0.1, 0.15) is 23.0 Å². The number of hydrogen-bond donors (Lipinski definition) is 1. The van der Waals surface area contributed by atoms with Crippen LogP contribution in [0.5, 0.6) is 0 Å². The van der Waals surface area contributed by atoms with Crippen LogP contribution in [-0.2, 0) is 13.0 Å². The number of nitrogens with zero attached hydrogens (tertiary/aromatic N) is 3. The van der Waals surface area contributed by atoms with Crippen molar-refractivity contribution in [2.24, 2.45) is 0 Å². The van der Waals surface area contributed by atoms with Crippen molar-refractivity contribution in [3.8, 4) is 0 Å². The first-order valence-corrected chi connectivity index (χ1v) is 7.07. The summed E-state index contributed by atoms with van der Waals surface area (Å²) in [4.78, 5) is 8.69. The molecule has 0 radical (unpaired) electrons. The van der Waals surface area contributed by atoms with Gasteiger partial charge in [-0.3, -0.25) is 4.98 Å². The number of fused-ring (bicyclic) bond motifs is 1.